The Bertz CT molecular complexity index is 1000. The van der Waals surface area contributed by atoms with Crippen molar-refractivity contribution < 1.29 is 19.4 Å². The van der Waals surface area contributed by atoms with Crippen LogP contribution in [0.25, 0.3) is 0 Å². The SMILES string of the molecule is O=C(c1ccccc1O)N1CCOc2ccc(COCCc3ccccc3)cc2C1. The van der Waals surface area contributed by atoms with E-state index in [1.807, 2.05) is 36.4 Å². The highest BCUT2D eigenvalue weighted by atomic mass is 16.5. The van der Waals surface area contributed by atoms with Gasteiger partial charge in [-0.25, -0.2) is 0 Å². The van der Waals surface area contributed by atoms with E-state index in [9.17, 15) is 9.90 Å². The molecule has 0 spiro atoms. The molecule has 0 saturated heterocycles. The van der Waals surface area contributed by atoms with Gasteiger partial charge >= 0.3 is 0 Å². The normalized spacial score (nSPS) is 13.3. The summed E-state index contributed by atoms with van der Waals surface area (Å²) in [6, 6.07) is 22.9. The first-order chi connectivity index (χ1) is 14.7. The lowest BCUT2D eigenvalue weighted by Crippen LogP contribution is -2.32. The van der Waals surface area contributed by atoms with Crippen LogP contribution >= 0.6 is 0 Å². The Morgan fingerprint density at radius 3 is 2.63 bits per heavy atom. The van der Waals surface area contributed by atoms with E-state index < -0.39 is 0 Å². The van der Waals surface area contributed by atoms with Gasteiger partial charge in [-0.3, -0.25) is 4.79 Å². The molecule has 5 heteroatoms. The van der Waals surface area contributed by atoms with Gasteiger partial charge in [-0.05, 0) is 41.8 Å². The Kier molecular flexibility index (Phi) is 6.30. The van der Waals surface area contributed by atoms with Crippen LogP contribution in [0, 0.1) is 0 Å². The highest BCUT2D eigenvalue weighted by molar-refractivity contribution is 5.96. The lowest BCUT2D eigenvalue weighted by molar-refractivity contribution is 0.0730. The minimum absolute atomic E-state index is 0.00606. The lowest BCUT2D eigenvalue weighted by Gasteiger charge is -2.20. The summed E-state index contributed by atoms with van der Waals surface area (Å²) in [6.45, 7) is 2.47. The van der Waals surface area contributed by atoms with Gasteiger partial charge in [-0.1, -0.05) is 48.5 Å². The van der Waals surface area contributed by atoms with Crippen molar-refractivity contribution >= 4 is 5.91 Å². The Hall–Kier alpha value is -3.31. The molecule has 1 aliphatic heterocycles. The highest BCUT2D eigenvalue weighted by Crippen LogP contribution is 2.27. The van der Waals surface area contributed by atoms with E-state index in [-0.39, 0.29) is 11.7 Å². The molecule has 0 fully saturated rings. The molecule has 0 unspecified atom stereocenters. The van der Waals surface area contributed by atoms with Crippen LogP contribution in [0.5, 0.6) is 11.5 Å². The summed E-state index contributed by atoms with van der Waals surface area (Å²) in [4.78, 5) is 14.6. The maximum atomic E-state index is 12.9. The monoisotopic (exact) mass is 403 g/mol. The zero-order valence-electron chi connectivity index (χ0n) is 16.8. The minimum atomic E-state index is -0.200. The van der Waals surface area contributed by atoms with E-state index in [1.54, 1.807) is 23.1 Å². The summed E-state index contributed by atoms with van der Waals surface area (Å²) in [5.74, 6) is 0.582. The molecule has 154 valence electrons. The number of aromatic hydroxyl groups is 1. The number of rotatable bonds is 6. The Morgan fingerprint density at radius 2 is 1.80 bits per heavy atom. The van der Waals surface area contributed by atoms with Gasteiger partial charge in [0.2, 0.25) is 0 Å². The number of hydrogen-bond donors (Lipinski definition) is 1. The lowest BCUT2D eigenvalue weighted by atomic mass is 10.1. The molecule has 3 aromatic rings. The first-order valence-corrected chi connectivity index (χ1v) is 10.1. The first kappa shape index (κ1) is 20.0. The molecule has 4 rings (SSSR count). The van der Waals surface area contributed by atoms with E-state index in [2.05, 4.69) is 12.1 Å². The molecule has 0 bridgehead atoms. The summed E-state index contributed by atoms with van der Waals surface area (Å²) in [7, 11) is 0. The van der Waals surface area contributed by atoms with E-state index in [0.29, 0.717) is 38.5 Å². The van der Waals surface area contributed by atoms with Crippen molar-refractivity contribution in [2.24, 2.45) is 0 Å². The fraction of sp³-hybridized carbons (Fsp3) is 0.240. The first-order valence-electron chi connectivity index (χ1n) is 10.1. The van der Waals surface area contributed by atoms with Crippen LogP contribution in [0.15, 0.2) is 72.8 Å². The highest BCUT2D eigenvalue weighted by Gasteiger charge is 2.23. The molecule has 1 heterocycles. The molecular weight excluding hydrogens is 378 g/mol. The van der Waals surface area contributed by atoms with E-state index in [0.717, 1.165) is 23.3 Å². The second-order valence-corrected chi connectivity index (χ2v) is 7.32. The van der Waals surface area contributed by atoms with E-state index >= 15 is 0 Å². The van der Waals surface area contributed by atoms with E-state index in [1.165, 1.54) is 11.6 Å². The number of phenolic OH excluding ortho intramolecular Hbond substituents is 1. The molecule has 30 heavy (non-hydrogen) atoms. The van der Waals surface area contributed by atoms with Crippen LogP contribution in [-0.2, 0) is 24.3 Å². The van der Waals surface area contributed by atoms with Crippen molar-refractivity contribution in [2.45, 2.75) is 19.6 Å². The molecule has 0 saturated carbocycles. The van der Waals surface area contributed by atoms with Crippen molar-refractivity contribution in [2.75, 3.05) is 19.8 Å². The fourth-order valence-corrected chi connectivity index (χ4v) is 3.56. The average molecular weight is 403 g/mol. The van der Waals surface area contributed by atoms with Crippen LogP contribution in [0.4, 0.5) is 0 Å². The molecule has 0 aromatic heterocycles. The van der Waals surface area contributed by atoms with Crippen molar-refractivity contribution in [1.29, 1.82) is 0 Å². The predicted molar refractivity (Wildman–Crippen MR) is 115 cm³/mol. The Morgan fingerprint density at radius 1 is 1.00 bits per heavy atom. The molecule has 0 atom stereocenters. The molecule has 1 amide bonds. The van der Waals surface area contributed by atoms with Gasteiger partial charge in [0.05, 0.1) is 25.3 Å². The smallest absolute Gasteiger partial charge is 0.258 e. The van der Waals surface area contributed by atoms with Crippen molar-refractivity contribution in [3.8, 4) is 11.5 Å². The molecule has 0 radical (unpaired) electrons. The topological polar surface area (TPSA) is 59.0 Å². The molecule has 5 nitrogen and oxygen atoms in total. The van der Waals surface area contributed by atoms with Gasteiger partial charge in [0.25, 0.3) is 5.91 Å². The van der Waals surface area contributed by atoms with Gasteiger partial charge in [-0.15, -0.1) is 0 Å². The Balaban J connectivity index is 1.40. The van der Waals surface area contributed by atoms with Crippen LogP contribution in [-0.4, -0.2) is 35.7 Å². The second kappa shape index (κ2) is 9.46. The zero-order valence-corrected chi connectivity index (χ0v) is 16.8. The van der Waals surface area contributed by atoms with Crippen molar-refractivity contribution in [1.82, 2.24) is 4.90 Å². The van der Waals surface area contributed by atoms with Gasteiger partial charge in [0.1, 0.15) is 18.1 Å². The largest absolute Gasteiger partial charge is 0.507 e. The maximum Gasteiger partial charge on any atom is 0.258 e. The molecule has 0 aliphatic carbocycles. The number of hydrogen-bond acceptors (Lipinski definition) is 4. The minimum Gasteiger partial charge on any atom is -0.507 e. The van der Waals surface area contributed by atoms with Crippen LogP contribution in [0.1, 0.15) is 27.0 Å². The van der Waals surface area contributed by atoms with Crippen molar-refractivity contribution in [3.05, 3.63) is 95.1 Å². The number of amides is 1. The number of carbonyl (C=O) groups is 1. The van der Waals surface area contributed by atoms with Crippen molar-refractivity contribution in [3.63, 3.8) is 0 Å². The average Bonchev–Trinajstić information content (AvgIpc) is 2.99. The number of ether oxygens (including phenoxy) is 2. The number of benzene rings is 3. The summed E-state index contributed by atoms with van der Waals surface area (Å²) < 4.78 is 11.7. The Labute approximate surface area is 176 Å². The second-order valence-electron chi connectivity index (χ2n) is 7.32. The van der Waals surface area contributed by atoms with Gasteiger partial charge in [0, 0.05) is 12.1 Å². The quantitative estimate of drug-likeness (QED) is 0.627. The third-order valence-electron chi connectivity index (χ3n) is 5.17. The van der Waals surface area contributed by atoms with Gasteiger partial charge in [-0.2, -0.15) is 0 Å². The van der Waals surface area contributed by atoms with Gasteiger partial charge in [0.15, 0.2) is 0 Å². The molecule has 1 aliphatic rings. The standard InChI is InChI=1S/C25H25NO4/c27-23-9-5-4-8-22(23)25(28)26-13-15-30-24-11-10-20(16-21(24)17-26)18-29-14-12-19-6-2-1-3-7-19/h1-11,16,27H,12-15,17-18H2. The van der Waals surface area contributed by atoms with Gasteiger partial charge < -0.3 is 19.5 Å². The number of phenols is 1. The molecule has 1 N–H and O–H groups in total. The van der Waals surface area contributed by atoms with Crippen LogP contribution in [0.3, 0.4) is 0 Å². The zero-order chi connectivity index (χ0) is 20.8. The predicted octanol–water partition coefficient (Wildman–Crippen LogP) is 4.19. The third kappa shape index (κ3) is 4.81. The molecular formula is C25H25NO4. The fourth-order valence-electron chi connectivity index (χ4n) is 3.56. The van der Waals surface area contributed by atoms with Crippen LogP contribution in [0.2, 0.25) is 0 Å². The number of carbonyl (C=O) groups excluding carboxylic acids is 1. The third-order valence-corrected chi connectivity index (χ3v) is 5.17. The summed E-state index contributed by atoms with van der Waals surface area (Å²) in [6.07, 6.45) is 0.873. The summed E-state index contributed by atoms with van der Waals surface area (Å²) >= 11 is 0. The number of para-hydroxylation sites is 1. The maximum absolute atomic E-state index is 12.9. The summed E-state index contributed by atoms with van der Waals surface area (Å²) in [5, 5.41) is 10.0. The molecule has 3 aromatic carbocycles. The summed E-state index contributed by atoms with van der Waals surface area (Å²) in [5.41, 5.74) is 3.55. The van der Waals surface area contributed by atoms with Crippen LogP contribution < -0.4 is 4.74 Å². The number of nitrogens with zero attached hydrogens (tertiary/aromatic N) is 1. The van der Waals surface area contributed by atoms with E-state index in [4.69, 9.17) is 9.47 Å². The number of fused-ring (bicyclic) bond motifs is 1.